The van der Waals surface area contributed by atoms with Gasteiger partial charge in [-0.05, 0) is 47.0 Å². The average molecular weight is 271 g/mol. The Kier molecular flexibility index (Phi) is 4.56. The summed E-state index contributed by atoms with van der Waals surface area (Å²) in [7, 11) is 0. The molecule has 0 saturated carbocycles. The minimum Gasteiger partial charge on any atom is -0.394 e. The van der Waals surface area contributed by atoms with Crippen molar-refractivity contribution in [1.29, 1.82) is 0 Å². The number of aliphatic hydroxyl groups is 1. The van der Waals surface area contributed by atoms with E-state index in [0.29, 0.717) is 18.8 Å². The Hall–Kier alpha value is -0.160. The van der Waals surface area contributed by atoms with Crippen LogP contribution in [0.5, 0.6) is 0 Å². The zero-order valence-corrected chi connectivity index (χ0v) is 12.8. The monoisotopic (exact) mass is 271 g/mol. The van der Waals surface area contributed by atoms with Crippen molar-refractivity contribution in [2.24, 2.45) is 0 Å². The molecule has 19 heavy (non-hydrogen) atoms. The molecule has 2 aliphatic heterocycles. The number of rotatable bonds is 4. The number of likely N-dealkylation sites (tertiary alicyclic amines) is 1. The van der Waals surface area contributed by atoms with Crippen LogP contribution in [-0.2, 0) is 9.47 Å². The highest BCUT2D eigenvalue weighted by molar-refractivity contribution is 5.00. The van der Waals surface area contributed by atoms with Gasteiger partial charge in [-0.15, -0.1) is 0 Å². The molecule has 0 radical (unpaired) electrons. The third-order valence-electron chi connectivity index (χ3n) is 4.39. The Balaban J connectivity index is 1.87. The van der Waals surface area contributed by atoms with Gasteiger partial charge in [-0.2, -0.15) is 0 Å². The Morgan fingerprint density at radius 1 is 1.21 bits per heavy atom. The van der Waals surface area contributed by atoms with Crippen molar-refractivity contribution in [2.75, 3.05) is 26.3 Å². The molecule has 2 aliphatic rings. The molecule has 2 fully saturated rings. The van der Waals surface area contributed by atoms with Crippen LogP contribution in [-0.4, -0.2) is 59.7 Å². The molecule has 2 heterocycles. The molecule has 2 saturated heterocycles. The molecule has 0 aromatic rings. The molecule has 4 heteroatoms. The lowest BCUT2D eigenvalue weighted by atomic mass is 9.91. The minimum absolute atomic E-state index is 0.0155. The summed E-state index contributed by atoms with van der Waals surface area (Å²) in [6, 6.07) is 0.501. The molecule has 1 atom stereocenters. The number of hydrogen-bond acceptors (Lipinski definition) is 4. The third-order valence-corrected chi connectivity index (χ3v) is 4.39. The van der Waals surface area contributed by atoms with Gasteiger partial charge in [0.15, 0.2) is 0 Å². The van der Waals surface area contributed by atoms with Gasteiger partial charge in [0.05, 0.1) is 30.5 Å². The van der Waals surface area contributed by atoms with Gasteiger partial charge < -0.3 is 14.6 Å². The number of hydrogen-bond donors (Lipinski definition) is 1. The summed E-state index contributed by atoms with van der Waals surface area (Å²) in [5.74, 6) is 0. The van der Waals surface area contributed by atoms with Gasteiger partial charge in [0.2, 0.25) is 0 Å². The van der Waals surface area contributed by atoms with Crippen LogP contribution in [0.25, 0.3) is 0 Å². The summed E-state index contributed by atoms with van der Waals surface area (Å²) in [5.41, 5.74) is -0.0826. The van der Waals surface area contributed by atoms with Crippen LogP contribution < -0.4 is 0 Å². The summed E-state index contributed by atoms with van der Waals surface area (Å²) < 4.78 is 11.8. The molecule has 0 bridgehead atoms. The topological polar surface area (TPSA) is 41.9 Å². The van der Waals surface area contributed by atoms with Crippen molar-refractivity contribution in [3.05, 3.63) is 0 Å². The van der Waals surface area contributed by atoms with E-state index in [9.17, 15) is 0 Å². The first-order valence-corrected chi connectivity index (χ1v) is 7.51. The number of nitrogens with zero attached hydrogens (tertiary/aromatic N) is 1. The quantitative estimate of drug-likeness (QED) is 0.847. The molecule has 0 aromatic carbocycles. The zero-order chi connectivity index (χ0) is 14.1. The van der Waals surface area contributed by atoms with Crippen molar-refractivity contribution >= 4 is 0 Å². The van der Waals surface area contributed by atoms with Gasteiger partial charge in [-0.1, -0.05) is 0 Å². The fraction of sp³-hybridized carbons (Fsp3) is 1.00. The molecular weight excluding hydrogens is 242 g/mol. The first kappa shape index (κ1) is 15.2. The SMILES string of the molecule is CC1(C)CC(N2CCC(OCCO)CC2)C(C)(C)O1. The van der Waals surface area contributed by atoms with E-state index in [1.54, 1.807) is 0 Å². The molecular formula is C15H29NO3. The van der Waals surface area contributed by atoms with Gasteiger partial charge in [0.1, 0.15) is 0 Å². The largest absolute Gasteiger partial charge is 0.394 e. The molecule has 112 valence electrons. The maximum atomic E-state index is 8.80. The summed E-state index contributed by atoms with van der Waals surface area (Å²) in [6.07, 6.45) is 3.55. The first-order valence-electron chi connectivity index (χ1n) is 7.51. The van der Waals surface area contributed by atoms with Gasteiger partial charge in [-0.3, -0.25) is 4.90 Å². The van der Waals surface area contributed by atoms with E-state index in [2.05, 4.69) is 32.6 Å². The fourth-order valence-electron chi connectivity index (χ4n) is 3.68. The fourth-order valence-corrected chi connectivity index (χ4v) is 3.68. The van der Waals surface area contributed by atoms with Crippen LogP contribution >= 0.6 is 0 Å². The van der Waals surface area contributed by atoms with Gasteiger partial charge in [0, 0.05) is 19.1 Å². The van der Waals surface area contributed by atoms with Crippen molar-refractivity contribution in [2.45, 2.75) is 70.3 Å². The zero-order valence-electron chi connectivity index (χ0n) is 12.8. The Bertz CT molecular complexity index is 296. The molecule has 1 unspecified atom stereocenters. The smallest absolute Gasteiger partial charge is 0.0789 e. The summed E-state index contributed by atoms with van der Waals surface area (Å²) >= 11 is 0. The highest BCUT2D eigenvalue weighted by Gasteiger charge is 2.48. The van der Waals surface area contributed by atoms with Crippen molar-refractivity contribution in [3.8, 4) is 0 Å². The van der Waals surface area contributed by atoms with E-state index in [1.165, 1.54) is 0 Å². The second kappa shape index (κ2) is 5.68. The van der Waals surface area contributed by atoms with Crippen molar-refractivity contribution in [1.82, 2.24) is 4.90 Å². The second-order valence-corrected chi connectivity index (χ2v) is 7.01. The van der Waals surface area contributed by atoms with Crippen LogP contribution in [0.15, 0.2) is 0 Å². The lowest BCUT2D eigenvalue weighted by Crippen LogP contribution is -2.50. The maximum Gasteiger partial charge on any atom is 0.0789 e. The van der Waals surface area contributed by atoms with E-state index in [0.717, 1.165) is 32.4 Å². The molecule has 0 aliphatic carbocycles. The highest BCUT2D eigenvalue weighted by atomic mass is 16.5. The molecule has 2 rings (SSSR count). The lowest BCUT2D eigenvalue weighted by molar-refractivity contribution is -0.0871. The van der Waals surface area contributed by atoms with Crippen molar-refractivity contribution < 1.29 is 14.6 Å². The molecule has 1 N–H and O–H groups in total. The minimum atomic E-state index is -0.0672. The van der Waals surface area contributed by atoms with Gasteiger partial charge >= 0.3 is 0 Å². The molecule has 0 amide bonds. The number of ether oxygens (including phenoxy) is 2. The normalized spacial score (nSPS) is 31.7. The first-order chi connectivity index (χ1) is 8.84. The van der Waals surface area contributed by atoms with Crippen LogP contribution in [0.2, 0.25) is 0 Å². The Labute approximate surface area is 117 Å². The average Bonchev–Trinajstić information content (AvgIpc) is 2.55. The van der Waals surface area contributed by atoms with E-state index < -0.39 is 0 Å². The molecule has 0 spiro atoms. The predicted octanol–water partition coefficient (Wildman–Crippen LogP) is 1.81. The van der Waals surface area contributed by atoms with Crippen LogP contribution in [0.4, 0.5) is 0 Å². The number of piperidine rings is 1. The van der Waals surface area contributed by atoms with E-state index in [4.69, 9.17) is 14.6 Å². The van der Waals surface area contributed by atoms with Gasteiger partial charge in [0.25, 0.3) is 0 Å². The lowest BCUT2D eigenvalue weighted by Gasteiger charge is -2.40. The van der Waals surface area contributed by atoms with E-state index in [1.807, 2.05) is 0 Å². The summed E-state index contributed by atoms with van der Waals surface area (Å²) in [5, 5.41) is 8.80. The van der Waals surface area contributed by atoms with Crippen molar-refractivity contribution in [3.63, 3.8) is 0 Å². The number of aliphatic hydroxyl groups excluding tert-OH is 1. The van der Waals surface area contributed by atoms with E-state index in [-0.39, 0.29) is 17.8 Å². The Morgan fingerprint density at radius 3 is 2.32 bits per heavy atom. The van der Waals surface area contributed by atoms with Crippen LogP contribution in [0, 0.1) is 0 Å². The summed E-state index contributed by atoms with van der Waals surface area (Å²) in [6.45, 7) is 11.5. The van der Waals surface area contributed by atoms with Crippen LogP contribution in [0.3, 0.4) is 0 Å². The predicted molar refractivity (Wildman–Crippen MR) is 75.3 cm³/mol. The third kappa shape index (κ3) is 3.69. The molecule has 4 nitrogen and oxygen atoms in total. The maximum absolute atomic E-state index is 8.80. The van der Waals surface area contributed by atoms with E-state index >= 15 is 0 Å². The second-order valence-electron chi connectivity index (χ2n) is 7.01. The van der Waals surface area contributed by atoms with Gasteiger partial charge in [-0.25, -0.2) is 0 Å². The van der Waals surface area contributed by atoms with Crippen LogP contribution in [0.1, 0.15) is 47.0 Å². The molecule has 0 aromatic heterocycles. The summed E-state index contributed by atoms with van der Waals surface area (Å²) in [4.78, 5) is 2.56. The highest BCUT2D eigenvalue weighted by Crippen LogP contribution is 2.40. The standard InChI is InChI=1S/C15H29NO3/c1-14(2)11-13(15(3,4)19-14)16-7-5-12(6-8-16)18-10-9-17/h12-13,17H,5-11H2,1-4H3. The Morgan fingerprint density at radius 2 is 1.84 bits per heavy atom.